The molecule has 1 aromatic rings. The predicted molar refractivity (Wildman–Crippen MR) is 71.6 cm³/mol. The van der Waals surface area contributed by atoms with E-state index in [0.29, 0.717) is 6.04 Å². The molecule has 0 spiro atoms. The third-order valence-electron chi connectivity index (χ3n) is 3.46. The van der Waals surface area contributed by atoms with Gasteiger partial charge in [-0.05, 0) is 45.4 Å². The zero-order chi connectivity index (χ0) is 13.0. The molecule has 0 bridgehead atoms. The van der Waals surface area contributed by atoms with Crippen LogP contribution in [0.1, 0.15) is 35.8 Å². The minimum atomic E-state index is 0.122. The van der Waals surface area contributed by atoms with Crippen LogP contribution in [-0.2, 0) is 0 Å². The number of aryl methyl sites for hydroxylation is 1. The summed E-state index contributed by atoms with van der Waals surface area (Å²) in [5, 5.41) is 3.36. The molecular formula is C14H21N3O. The largest absolute Gasteiger partial charge is 0.335 e. The summed E-state index contributed by atoms with van der Waals surface area (Å²) in [5.74, 6) is 0.122. The zero-order valence-corrected chi connectivity index (χ0v) is 11.1. The van der Waals surface area contributed by atoms with E-state index in [2.05, 4.69) is 10.3 Å². The van der Waals surface area contributed by atoms with E-state index in [-0.39, 0.29) is 5.91 Å². The van der Waals surface area contributed by atoms with Crippen LogP contribution in [0.25, 0.3) is 0 Å². The fourth-order valence-corrected chi connectivity index (χ4v) is 2.51. The molecule has 2 heterocycles. The van der Waals surface area contributed by atoms with Gasteiger partial charge in [0.2, 0.25) is 0 Å². The van der Waals surface area contributed by atoms with Gasteiger partial charge in [0, 0.05) is 36.6 Å². The van der Waals surface area contributed by atoms with Crippen molar-refractivity contribution in [2.45, 2.75) is 32.7 Å². The summed E-state index contributed by atoms with van der Waals surface area (Å²) < 4.78 is 0. The summed E-state index contributed by atoms with van der Waals surface area (Å²) in [6, 6.07) is 3.99. The van der Waals surface area contributed by atoms with Gasteiger partial charge in [0.15, 0.2) is 0 Å². The van der Waals surface area contributed by atoms with Gasteiger partial charge in [0.25, 0.3) is 5.91 Å². The molecule has 1 aliphatic rings. The van der Waals surface area contributed by atoms with Gasteiger partial charge in [-0.1, -0.05) is 0 Å². The summed E-state index contributed by atoms with van der Waals surface area (Å²) in [6.45, 7) is 6.68. The molecule has 4 heteroatoms. The molecule has 18 heavy (non-hydrogen) atoms. The molecule has 0 radical (unpaired) electrons. The minimum Gasteiger partial charge on any atom is -0.335 e. The van der Waals surface area contributed by atoms with Crippen LogP contribution < -0.4 is 5.32 Å². The van der Waals surface area contributed by atoms with Crippen molar-refractivity contribution < 1.29 is 4.79 Å². The van der Waals surface area contributed by atoms with Crippen molar-refractivity contribution in [1.29, 1.82) is 0 Å². The molecule has 1 saturated heterocycles. The fraction of sp³-hybridized carbons (Fsp3) is 0.571. The third kappa shape index (κ3) is 2.88. The van der Waals surface area contributed by atoms with Gasteiger partial charge < -0.3 is 10.2 Å². The van der Waals surface area contributed by atoms with Crippen LogP contribution in [0.5, 0.6) is 0 Å². The molecule has 0 aromatic carbocycles. The van der Waals surface area contributed by atoms with Crippen molar-refractivity contribution in [2.24, 2.45) is 0 Å². The number of pyridine rings is 1. The lowest BCUT2D eigenvalue weighted by atomic mass is 10.0. The molecular weight excluding hydrogens is 226 g/mol. The highest BCUT2D eigenvalue weighted by atomic mass is 16.2. The quantitative estimate of drug-likeness (QED) is 0.882. The van der Waals surface area contributed by atoms with E-state index < -0.39 is 0 Å². The Labute approximate surface area is 108 Å². The fourth-order valence-electron chi connectivity index (χ4n) is 2.51. The summed E-state index contributed by atoms with van der Waals surface area (Å²) in [7, 11) is 0. The van der Waals surface area contributed by atoms with Gasteiger partial charge in [-0.25, -0.2) is 0 Å². The van der Waals surface area contributed by atoms with E-state index in [0.717, 1.165) is 43.7 Å². The predicted octanol–water partition coefficient (Wildman–Crippen LogP) is 1.60. The molecule has 2 rings (SSSR count). The first-order chi connectivity index (χ1) is 8.72. The van der Waals surface area contributed by atoms with Crippen molar-refractivity contribution in [3.05, 3.63) is 29.6 Å². The molecule has 1 aliphatic heterocycles. The summed E-state index contributed by atoms with van der Waals surface area (Å²) >= 11 is 0. The van der Waals surface area contributed by atoms with Crippen molar-refractivity contribution in [1.82, 2.24) is 15.2 Å². The molecule has 1 amide bonds. The Morgan fingerprint density at radius 2 is 2.44 bits per heavy atom. The molecule has 98 valence electrons. The Morgan fingerprint density at radius 3 is 3.06 bits per heavy atom. The van der Waals surface area contributed by atoms with E-state index in [4.69, 9.17) is 0 Å². The normalized spacial score (nSPS) is 19.6. The first-order valence-corrected chi connectivity index (χ1v) is 6.66. The maximum atomic E-state index is 12.5. The topological polar surface area (TPSA) is 45.2 Å². The van der Waals surface area contributed by atoms with Gasteiger partial charge in [-0.15, -0.1) is 0 Å². The number of piperidine rings is 1. The summed E-state index contributed by atoms with van der Waals surface area (Å²) in [5.41, 5.74) is 1.63. The summed E-state index contributed by atoms with van der Waals surface area (Å²) in [6.07, 6.45) is 3.94. The summed E-state index contributed by atoms with van der Waals surface area (Å²) in [4.78, 5) is 18.6. The van der Waals surface area contributed by atoms with Gasteiger partial charge in [0.1, 0.15) is 0 Å². The van der Waals surface area contributed by atoms with Crippen molar-refractivity contribution in [2.75, 3.05) is 19.6 Å². The second-order valence-electron chi connectivity index (χ2n) is 4.78. The molecule has 1 atom stereocenters. The number of hydrogen-bond acceptors (Lipinski definition) is 3. The van der Waals surface area contributed by atoms with Crippen molar-refractivity contribution in [3.63, 3.8) is 0 Å². The second kappa shape index (κ2) is 5.96. The number of amides is 1. The number of nitrogens with zero attached hydrogens (tertiary/aromatic N) is 2. The van der Waals surface area contributed by atoms with Crippen LogP contribution in [-0.4, -0.2) is 41.5 Å². The number of carbonyl (C=O) groups excluding carboxylic acids is 1. The number of likely N-dealkylation sites (N-methyl/N-ethyl adjacent to an activating group) is 1. The number of carbonyl (C=O) groups is 1. The number of aromatic nitrogens is 1. The van der Waals surface area contributed by atoms with Gasteiger partial charge >= 0.3 is 0 Å². The molecule has 0 aliphatic carbocycles. The van der Waals surface area contributed by atoms with Gasteiger partial charge in [-0.2, -0.15) is 0 Å². The second-order valence-corrected chi connectivity index (χ2v) is 4.78. The smallest absolute Gasteiger partial charge is 0.254 e. The van der Waals surface area contributed by atoms with Crippen LogP contribution >= 0.6 is 0 Å². The lowest BCUT2D eigenvalue weighted by Crippen LogP contribution is -2.48. The number of hydrogen-bond donors (Lipinski definition) is 1. The molecule has 0 saturated carbocycles. The van der Waals surface area contributed by atoms with E-state index in [1.165, 1.54) is 0 Å². The maximum Gasteiger partial charge on any atom is 0.254 e. The van der Waals surface area contributed by atoms with Gasteiger partial charge in [0.05, 0.1) is 0 Å². The van der Waals surface area contributed by atoms with Crippen LogP contribution in [0.3, 0.4) is 0 Å². The van der Waals surface area contributed by atoms with E-state index in [1.807, 2.05) is 24.8 Å². The zero-order valence-electron chi connectivity index (χ0n) is 11.1. The van der Waals surface area contributed by atoms with E-state index in [9.17, 15) is 4.79 Å². The Kier molecular flexibility index (Phi) is 4.31. The number of nitrogens with one attached hydrogen (secondary N) is 1. The minimum absolute atomic E-state index is 0.122. The molecule has 4 nitrogen and oxygen atoms in total. The van der Waals surface area contributed by atoms with Crippen LogP contribution in [0, 0.1) is 6.92 Å². The standard InChI is InChI=1S/C14H21N3O/c1-3-17(13-5-4-7-15-10-13)14(18)12-6-8-16-11(2)9-12/h6,8-9,13,15H,3-5,7,10H2,1-2H3. The lowest BCUT2D eigenvalue weighted by molar-refractivity contribution is 0.0662. The Bertz CT molecular complexity index is 413. The number of rotatable bonds is 3. The monoisotopic (exact) mass is 247 g/mol. The SMILES string of the molecule is CCN(C(=O)c1ccnc(C)c1)C1CCCNC1. The van der Waals surface area contributed by atoms with E-state index in [1.54, 1.807) is 12.3 Å². The first kappa shape index (κ1) is 13.0. The third-order valence-corrected chi connectivity index (χ3v) is 3.46. The van der Waals surface area contributed by atoms with Crippen LogP contribution in [0.2, 0.25) is 0 Å². The van der Waals surface area contributed by atoms with Crippen LogP contribution in [0.15, 0.2) is 18.3 Å². The van der Waals surface area contributed by atoms with Crippen molar-refractivity contribution >= 4 is 5.91 Å². The highest BCUT2D eigenvalue weighted by molar-refractivity contribution is 5.94. The average Bonchev–Trinajstić information content (AvgIpc) is 2.41. The molecule has 1 fully saturated rings. The van der Waals surface area contributed by atoms with Gasteiger partial charge in [-0.3, -0.25) is 9.78 Å². The highest BCUT2D eigenvalue weighted by Gasteiger charge is 2.24. The van der Waals surface area contributed by atoms with E-state index >= 15 is 0 Å². The lowest BCUT2D eigenvalue weighted by Gasteiger charge is -2.34. The van der Waals surface area contributed by atoms with Crippen molar-refractivity contribution in [3.8, 4) is 0 Å². The molecule has 1 aromatic heterocycles. The molecule has 1 N–H and O–H groups in total. The molecule has 1 unspecified atom stereocenters. The Hall–Kier alpha value is -1.42. The first-order valence-electron chi connectivity index (χ1n) is 6.66. The Morgan fingerprint density at radius 1 is 1.61 bits per heavy atom. The van der Waals surface area contributed by atoms with Crippen LogP contribution in [0.4, 0.5) is 0 Å². The Balaban J connectivity index is 2.14. The average molecular weight is 247 g/mol. The maximum absolute atomic E-state index is 12.5. The highest BCUT2D eigenvalue weighted by Crippen LogP contribution is 2.14.